The van der Waals surface area contributed by atoms with Crippen LogP contribution in [0.25, 0.3) is 0 Å². The van der Waals surface area contributed by atoms with Gasteiger partial charge < -0.3 is 5.11 Å². The van der Waals surface area contributed by atoms with Crippen molar-refractivity contribution in [1.29, 1.82) is 0 Å². The van der Waals surface area contributed by atoms with Crippen LogP contribution in [0.2, 0.25) is 0 Å². The van der Waals surface area contributed by atoms with Gasteiger partial charge in [-0.25, -0.2) is 8.78 Å². The summed E-state index contributed by atoms with van der Waals surface area (Å²) in [4.78, 5) is 0. The summed E-state index contributed by atoms with van der Waals surface area (Å²) in [6.45, 7) is 0. The van der Waals surface area contributed by atoms with Gasteiger partial charge >= 0.3 is 0 Å². The molecule has 0 fully saturated rings. The minimum Gasteiger partial charge on any atom is -0.508 e. The van der Waals surface area contributed by atoms with Crippen LogP contribution in [0.3, 0.4) is 0 Å². The Morgan fingerprint density at radius 2 is 1.70 bits per heavy atom. The second-order valence-corrected chi connectivity index (χ2v) is 1.60. The molecule has 1 nitrogen and oxygen atoms in total. The molecule has 1 radical (unpaired) electrons. The first-order valence-corrected chi connectivity index (χ1v) is 2.34. The van der Waals surface area contributed by atoms with Crippen LogP contribution in [0.4, 0.5) is 8.78 Å². The maximum absolute atomic E-state index is 12.0. The van der Waals surface area contributed by atoms with Crippen molar-refractivity contribution < 1.29 is 13.9 Å². The summed E-state index contributed by atoms with van der Waals surface area (Å²) in [5, 5.41) is 8.53. The Morgan fingerprint density at radius 1 is 1.10 bits per heavy atom. The molecule has 0 bridgehead atoms. The minimum atomic E-state index is -1.03. The number of phenolic OH excluding ortho intramolecular Hbond substituents is 1. The molecule has 0 aliphatic heterocycles. The summed E-state index contributed by atoms with van der Waals surface area (Å²) in [5.74, 6) is -2.25. The average Bonchev–Trinajstić information content (AvgIpc) is 1.80. The molecular formula is C6H4F2KO. The van der Waals surface area contributed by atoms with E-state index in [9.17, 15) is 8.78 Å². The Labute approximate surface area is 99.5 Å². The number of phenols is 1. The Bertz CT molecular complexity index is 227. The van der Waals surface area contributed by atoms with Crippen LogP contribution in [-0.4, -0.2) is 56.5 Å². The van der Waals surface area contributed by atoms with E-state index in [2.05, 4.69) is 0 Å². The molecule has 0 aliphatic rings. The predicted molar refractivity (Wildman–Crippen MR) is 33.8 cm³/mol. The van der Waals surface area contributed by atoms with Crippen molar-refractivity contribution in [3.63, 3.8) is 0 Å². The normalized spacial score (nSPS) is 8.60. The molecule has 1 rings (SSSR count). The first-order chi connectivity index (χ1) is 4.20. The van der Waals surface area contributed by atoms with Gasteiger partial charge in [0.15, 0.2) is 11.6 Å². The molecule has 4 heteroatoms. The van der Waals surface area contributed by atoms with Crippen molar-refractivity contribution in [1.82, 2.24) is 0 Å². The SMILES string of the molecule is Oc1ccc(F)c(F)c1.[K]. The summed E-state index contributed by atoms with van der Waals surface area (Å²) in [6, 6.07) is 2.67. The van der Waals surface area contributed by atoms with Crippen molar-refractivity contribution in [3.05, 3.63) is 29.8 Å². The Kier molecular flexibility index (Phi) is 4.63. The smallest absolute Gasteiger partial charge is 0.162 e. The summed E-state index contributed by atoms with van der Waals surface area (Å²) < 4.78 is 24.1. The zero-order chi connectivity index (χ0) is 6.85. The van der Waals surface area contributed by atoms with E-state index < -0.39 is 11.6 Å². The molecule has 1 N–H and O–H groups in total. The van der Waals surface area contributed by atoms with Gasteiger partial charge in [-0.2, -0.15) is 0 Å². The van der Waals surface area contributed by atoms with E-state index in [-0.39, 0.29) is 57.1 Å². The maximum atomic E-state index is 12.0. The number of rotatable bonds is 0. The van der Waals surface area contributed by atoms with Crippen LogP contribution < -0.4 is 0 Å². The standard InChI is InChI=1S/C6H4F2O.K/c7-5-2-1-4(9)3-6(5)8;/h1-3,9H;. The van der Waals surface area contributed by atoms with Crippen LogP contribution in [0, 0.1) is 11.6 Å². The first kappa shape index (κ1) is 10.5. The van der Waals surface area contributed by atoms with E-state index in [1.165, 1.54) is 0 Å². The van der Waals surface area contributed by atoms with Gasteiger partial charge in [0.2, 0.25) is 0 Å². The molecule has 0 unspecified atom stereocenters. The quantitative estimate of drug-likeness (QED) is 0.580. The molecule has 0 aliphatic carbocycles. The third-order valence-electron chi connectivity index (χ3n) is 0.903. The minimum absolute atomic E-state index is 0. The fraction of sp³-hybridized carbons (Fsp3) is 0. The van der Waals surface area contributed by atoms with E-state index in [0.29, 0.717) is 0 Å². The molecule has 0 aromatic heterocycles. The molecule has 0 amide bonds. The van der Waals surface area contributed by atoms with Gasteiger partial charge in [-0.15, -0.1) is 0 Å². The van der Waals surface area contributed by atoms with Gasteiger partial charge in [0, 0.05) is 57.5 Å². The summed E-state index contributed by atoms with van der Waals surface area (Å²) in [7, 11) is 0. The molecule has 0 atom stereocenters. The fourth-order valence-electron chi connectivity index (χ4n) is 0.485. The van der Waals surface area contributed by atoms with E-state index >= 15 is 0 Å². The van der Waals surface area contributed by atoms with E-state index in [1.54, 1.807) is 0 Å². The third kappa shape index (κ3) is 2.63. The Morgan fingerprint density at radius 3 is 2.10 bits per heavy atom. The van der Waals surface area contributed by atoms with Crippen LogP contribution in [-0.2, 0) is 0 Å². The predicted octanol–water partition coefficient (Wildman–Crippen LogP) is 1.29. The van der Waals surface area contributed by atoms with Crippen molar-refractivity contribution >= 4 is 51.4 Å². The van der Waals surface area contributed by atoms with Crippen LogP contribution >= 0.6 is 0 Å². The van der Waals surface area contributed by atoms with E-state index in [1.807, 2.05) is 0 Å². The van der Waals surface area contributed by atoms with Gasteiger partial charge in [-0.1, -0.05) is 0 Å². The largest absolute Gasteiger partial charge is 0.508 e. The second kappa shape index (κ2) is 4.41. The first-order valence-electron chi connectivity index (χ1n) is 2.34. The molecule has 0 saturated heterocycles. The van der Waals surface area contributed by atoms with Gasteiger partial charge in [-0.3, -0.25) is 0 Å². The fourth-order valence-corrected chi connectivity index (χ4v) is 0.485. The van der Waals surface area contributed by atoms with Crippen LogP contribution in [0.5, 0.6) is 5.75 Å². The maximum Gasteiger partial charge on any atom is 0.162 e. The summed E-state index contributed by atoms with van der Waals surface area (Å²) in [5.41, 5.74) is 0. The number of halogens is 2. The van der Waals surface area contributed by atoms with Crippen molar-refractivity contribution in [2.75, 3.05) is 0 Å². The van der Waals surface area contributed by atoms with Gasteiger partial charge in [0.05, 0.1) is 0 Å². The van der Waals surface area contributed by atoms with Crippen LogP contribution in [0.15, 0.2) is 18.2 Å². The Hall–Kier alpha value is 0.516. The summed E-state index contributed by atoms with van der Waals surface area (Å²) in [6.07, 6.45) is 0. The molecule has 1 aromatic carbocycles. The molecule has 1 aromatic rings. The Balaban J connectivity index is 0.000000810. The molecule has 10 heavy (non-hydrogen) atoms. The van der Waals surface area contributed by atoms with Crippen molar-refractivity contribution in [2.45, 2.75) is 0 Å². The molecule has 49 valence electrons. The molecular weight excluding hydrogens is 165 g/mol. The average molecular weight is 169 g/mol. The monoisotopic (exact) mass is 169 g/mol. The number of benzene rings is 1. The van der Waals surface area contributed by atoms with E-state index in [0.717, 1.165) is 18.2 Å². The number of aromatic hydroxyl groups is 1. The zero-order valence-corrected chi connectivity index (χ0v) is 8.56. The topological polar surface area (TPSA) is 20.2 Å². The third-order valence-corrected chi connectivity index (χ3v) is 0.903. The molecule has 0 spiro atoms. The van der Waals surface area contributed by atoms with Gasteiger partial charge in [0.1, 0.15) is 5.75 Å². The van der Waals surface area contributed by atoms with Gasteiger partial charge in [-0.05, 0) is 12.1 Å². The molecule has 0 saturated carbocycles. The van der Waals surface area contributed by atoms with Crippen molar-refractivity contribution in [3.8, 4) is 5.75 Å². The van der Waals surface area contributed by atoms with Crippen LogP contribution in [0.1, 0.15) is 0 Å². The number of hydrogen-bond acceptors (Lipinski definition) is 1. The van der Waals surface area contributed by atoms with Crippen molar-refractivity contribution in [2.24, 2.45) is 0 Å². The zero-order valence-electron chi connectivity index (χ0n) is 5.44. The van der Waals surface area contributed by atoms with E-state index in [4.69, 9.17) is 5.11 Å². The molecule has 0 heterocycles. The van der Waals surface area contributed by atoms with Gasteiger partial charge in [0.25, 0.3) is 0 Å². The number of hydrogen-bond donors (Lipinski definition) is 1. The second-order valence-electron chi connectivity index (χ2n) is 1.60. The summed E-state index contributed by atoms with van der Waals surface area (Å²) >= 11 is 0.